The monoisotopic (exact) mass is 312 g/mol. The smallest absolute Gasteiger partial charge is 0.166 e. The van der Waals surface area contributed by atoms with Gasteiger partial charge in [-0.25, -0.2) is 0 Å². The second kappa shape index (κ2) is 8.99. The Hall–Kier alpha value is -2.29. The van der Waals surface area contributed by atoms with Crippen LogP contribution in [-0.2, 0) is 6.61 Å². The summed E-state index contributed by atoms with van der Waals surface area (Å²) in [6.07, 6.45) is 3.63. The highest BCUT2D eigenvalue weighted by atomic mass is 16.5. The van der Waals surface area contributed by atoms with E-state index >= 15 is 0 Å². The van der Waals surface area contributed by atoms with Gasteiger partial charge in [-0.1, -0.05) is 50.1 Å². The predicted molar refractivity (Wildman–Crippen MR) is 92.2 cm³/mol. The first-order valence-corrected chi connectivity index (χ1v) is 8.12. The molecule has 2 aromatic carbocycles. The molecular formula is C20H24O3. The van der Waals surface area contributed by atoms with Crippen molar-refractivity contribution in [2.75, 3.05) is 7.11 Å². The van der Waals surface area contributed by atoms with Crippen LogP contribution >= 0.6 is 0 Å². The average Bonchev–Trinajstić information content (AvgIpc) is 2.60. The summed E-state index contributed by atoms with van der Waals surface area (Å²) in [6, 6.07) is 15.4. The van der Waals surface area contributed by atoms with Gasteiger partial charge in [0.1, 0.15) is 18.1 Å². The molecule has 0 amide bonds. The Bertz CT molecular complexity index is 620. The predicted octanol–water partition coefficient (Wildman–Crippen LogP) is 5.04. The van der Waals surface area contributed by atoms with Gasteiger partial charge in [-0.2, -0.15) is 0 Å². The van der Waals surface area contributed by atoms with Crippen LogP contribution in [0.15, 0.2) is 48.5 Å². The van der Waals surface area contributed by atoms with E-state index in [-0.39, 0.29) is 5.78 Å². The number of methoxy groups -OCH3 is 1. The molecule has 2 aromatic rings. The minimum Gasteiger partial charge on any atom is -0.496 e. The second-order valence-electron chi connectivity index (χ2n) is 5.52. The lowest BCUT2D eigenvalue weighted by molar-refractivity contribution is 0.0976. The van der Waals surface area contributed by atoms with Crippen molar-refractivity contribution in [1.29, 1.82) is 0 Å². The molecule has 0 heterocycles. The maximum atomic E-state index is 12.4. The highest BCUT2D eigenvalue weighted by molar-refractivity contribution is 5.99. The molecule has 3 heteroatoms. The molecule has 2 rings (SSSR count). The van der Waals surface area contributed by atoms with Crippen LogP contribution in [-0.4, -0.2) is 12.9 Å². The van der Waals surface area contributed by atoms with E-state index in [1.54, 1.807) is 19.2 Å². The quantitative estimate of drug-likeness (QED) is 0.481. The van der Waals surface area contributed by atoms with E-state index in [9.17, 15) is 4.79 Å². The molecule has 0 saturated carbocycles. The Labute approximate surface area is 138 Å². The molecule has 0 saturated heterocycles. The fourth-order valence-corrected chi connectivity index (χ4v) is 2.41. The summed E-state index contributed by atoms with van der Waals surface area (Å²) in [5.41, 5.74) is 1.70. The van der Waals surface area contributed by atoms with Crippen LogP contribution in [0, 0.1) is 0 Å². The fourth-order valence-electron chi connectivity index (χ4n) is 2.41. The number of carbonyl (C=O) groups is 1. The first kappa shape index (κ1) is 17.1. The molecule has 0 aliphatic heterocycles. The van der Waals surface area contributed by atoms with Crippen molar-refractivity contribution in [2.24, 2.45) is 0 Å². The van der Waals surface area contributed by atoms with Crippen molar-refractivity contribution in [2.45, 2.75) is 39.2 Å². The minimum absolute atomic E-state index is 0.112. The van der Waals surface area contributed by atoms with Gasteiger partial charge in [-0.3, -0.25) is 4.79 Å². The van der Waals surface area contributed by atoms with E-state index in [1.807, 2.05) is 36.4 Å². The minimum atomic E-state index is 0.112. The van der Waals surface area contributed by atoms with Gasteiger partial charge in [0.2, 0.25) is 0 Å². The number of carbonyl (C=O) groups excluding carboxylic acids is 1. The maximum Gasteiger partial charge on any atom is 0.166 e. The third-order valence-corrected chi connectivity index (χ3v) is 3.73. The molecular weight excluding hydrogens is 288 g/mol. The Morgan fingerprint density at radius 2 is 1.83 bits per heavy atom. The van der Waals surface area contributed by atoms with E-state index in [0.29, 0.717) is 30.1 Å². The van der Waals surface area contributed by atoms with Crippen LogP contribution in [0.4, 0.5) is 0 Å². The van der Waals surface area contributed by atoms with Crippen LogP contribution in [0.2, 0.25) is 0 Å². The van der Waals surface area contributed by atoms with Gasteiger partial charge < -0.3 is 9.47 Å². The van der Waals surface area contributed by atoms with Crippen molar-refractivity contribution in [3.63, 3.8) is 0 Å². The van der Waals surface area contributed by atoms with Crippen LogP contribution in [0.3, 0.4) is 0 Å². The van der Waals surface area contributed by atoms with Crippen molar-refractivity contribution in [1.82, 2.24) is 0 Å². The van der Waals surface area contributed by atoms with Gasteiger partial charge in [-0.05, 0) is 30.2 Å². The van der Waals surface area contributed by atoms with E-state index in [0.717, 1.165) is 24.8 Å². The van der Waals surface area contributed by atoms with Crippen LogP contribution < -0.4 is 9.47 Å². The van der Waals surface area contributed by atoms with Gasteiger partial charge in [0.25, 0.3) is 0 Å². The summed E-state index contributed by atoms with van der Waals surface area (Å²) < 4.78 is 11.1. The molecule has 0 atom stereocenters. The molecule has 0 aliphatic rings. The summed E-state index contributed by atoms with van der Waals surface area (Å²) in [6.45, 7) is 2.61. The molecule has 0 bridgehead atoms. The van der Waals surface area contributed by atoms with Crippen LogP contribution in [0.25, 0.3) is 0 Å². The number of hydrogen-bond acceptors (Lipinski definition) is 3. The summed E-state index contributed by atoms with van der Waals surface area (Å²) in [4.78, 5) is 12.4. The fraction of sp³-hybridized carbons (Fsp3) is 0.350. The first-order valence-electron chi connectivity index (χ1n) is 8.12. The Kier molecular flexibility index (Phi) is 6.67. The molecule has 0 aliphatic carbocycles. The van der Waals surface area contributed by atoms with E-state index in [2.05, 4.69) is 6.92 Å². The van der Waals surface area contributed by atoms with Crippen molar-refractivity contribution in [3.8, 4) is 11.5 Å². The summed E-state index contributed by atoms with van der Waals surface area (Å²) in [5.74, 6) is 1.41. The molecule has 23 heavy (non-hydrogen) atoms. The molecule has 3 nitrogen and oxygen atoms in total. The van der Waals surface area contributed by atoms with E-state index < -0.39 is 0 Å². The highest BCUT2D eigenvalue weighted by Gasteiger charge is 2.13. The van der Waals surface area contributed by atoms with E-state index in [1.165, 1.54) is 0 Å². The number of hydrogen-bond donors (Lipinski definition) is 0. The SMILES string of the molecule is CCCCCC(=O)c1cc(OCc2ccccc2)ccc1OC. The van der Waals surface area contributed by atoms with Gasteiger partial charge >= 0.3 is 0 Å². The van der Waals surface area contributed by atoms with Crippen molar-refractivity contribution in [3.05, 3.63) is 59.7 Å². The standard InChI is InChI=1S/C20H24O3/c1-3-4-6-11-19(21)18-14-17(12-13-20(18)22-2)23-15-16-9-7-5-8-10-16/h5,7-10,12-14H,3-4,6,11,15H2,1-2H3. The number of benzene rings is 2. The summed E-state index contributed by atoms with van der Waals surface area (Å²) >= 11 is 0. The lowest BCUT2D eigenvalue weighted by Crippen LogP contribution is -2.03. The number of ketones is 1. The van der Waals surface area contributed by atoms with Crippen LogP contribution in [0.1, 0.15) is 48.5 Å². The molecule has 0 N–H and O–H groups in total. The number of rotatable bonds is 9. The lowest BCUT2D eigenvalue weighted by atomic mass is 10.0. The third kappa shape index (κ3) is 5.13. The largest absolute Gasteiger partial charge is 0.496 e. The molecule has 0 aromatic heterocycles. The summed E-state index contributed by atoms with van der Waals surface area (Å²) in [7, 11) is 1.59. The topological polar surface area (TPSA) is 35.5 Å². The van der Waals surface area contributed by atoms with Gasteiger partial charge in [0.15, 0.2) is 5.78 Å². The van der Waals surface area contributed by atoms with Gasteiger partial charge in [-0.15, -0.1) is 0 Å². The Morgan fingerprint density at radius 1 is 1.04 bits per heavy atom. The van der Waals surface area contributed by atoms with Gasteiger partial charge in [0, 0.05) is 6.42 Å². The second-order valence-corrected chi connectivity index (χ2v) is 5.52. The average molecular weight is 312 g/mol. The number of Topliss-reactive ketones (excluding diaryl/α,β-unsaturated/α-hetero) is 1. The Balaban J connectivity index is 2.06. The normalized spacial score (nSPS) is 10.3. The molecule has 122 valence electrons. The zero-order valence-electron chi connectivity index (χ0n) is 13.9. The molecule has 0 spiro atoms. The number of unbranched alkanes of at least 4 members (excludes halogenated alkanes) is 2. The highest BCUT2D eigenvalue weighted by Crippen LogP contribution is 2.26. The zero-order chi connectivity index (χ0) is 16.5. The molecule has 0 unspecified atom stereocenters. The summed E-state index contributed by atoms with van der Waals surface area (Å²) in [5, 5.41) is 0. The van der Waals surface area contributed by atoms with Crippen LogP contribution in [0.5, 0.6) is 11.5 Å². The Morgan fingerprint density at radius 3 is 2.52 bits per heavy atom. The third-order valence-electron chi connectivity index (χ3n) is 3.73. The first-order chi connectivity index (χ1) is 11.2. The van der Waals surface area contributed by atoms with Crippen molar-refractivity contribution >= 4 is 5.78 Å². The zero-order valence-corrected chi connectivity index (χ0v) is 13.9. The molecule has 0 radical (unpaired) electrons. The lowest BCUT2D eigenvalue weighted by Gasteiger charge is -2.11. The van der Waals surface area contributed by atoms with Crippen molar-refractivity contribution < 1.29 is 14.3 Å². The van der Waals surface area contributed by atoms with Gasteiger partial charge in [0.05, 0.1) is 12.7 Å². The maximum absolute atomic E-state index is 12.4. The van der Waals surface area contributed by atoms with E-state index in [4.69, 9.17) is 9.47 Å². The molecule has 0 fully saturated rings. The number of ether oxygens (including phenoxy) is 2.